The van der Waals surface area contributed by atoms with Gasteiger partial charge in [0.15, 0.2) is 17.5 Å². The number of amides is 2. The molecular formula is C20H21F3N4O4. The fraction of sp³-hybridized carbons (Fsp3) is 0.300. The Morgan fingerprint density at radius 1 is 1.13 bits per heavy atom. The molecule has 0 saturated carbocycles. The van der Waals surface area contributed by atoms with Crippen molar-refractivity contribution < 1.29 is 22.8 Å². The quantitative estimate of drug-likeness (QED) is 0.522. The second-order valence-corrected chi connectivity index (χ2v) is 6.71. The van der Waals surface area contributed by atoms with E-state index in [0.717, 1.165) is 21.6 Å². The van der Waals surface area contributed by atoms with Gasteiger partial charge in [0.05, 0.1) is 11.3 Å². The highest BCUT2D eigenvalue weighted by atomic mass is 19.2. The molecule has 0 spiro atoms. The highest BCUT2D eigenvalue weighted by molar-refractivity contribution is 5.98. The molecule has 0 aliphatic carbocycles. The van der Waals surface area contributed by atoms with Gasteiger partial charge in [-0.1, -0.05) is 6.92 Å². The first kappa shape index (κ1) is 23.6. The summed E-state index contributed by atoms with van der Waals surface area (Å²) in [4.78, 5) is 49.7. The van der Waals surface area contributed by atoms with Gasteiger partial charge < -0.3 is 14.8 Å². The molecule has 8 nitrogen and oxygen atoms in total. The van der Waals surface area contributed by atoms with Crippen LogP contribution in [0, 0.1) is 17.5 Å². The van der Waals surface area contributed by atoms with Gasteiger partial charge in [-0.15, -0.1) is 0 Å². The summed E-state index contributed by atoms with van der Waals surface area (Å²) in [5.41, 5.74) is -1.59. The van der Waals surface area contributed by atoms with E-state index in [9.17, 15) is 32.3 Å². The number of carbonyl (C=O) groups is 2. The van der Waals surface area contributed by atoms with Crippen molar-refractivity contribution in [3.05, 3.63) is 68.3 Å². The van der Waals surface area contributed by atoms with Crippen LogP contribution in [0.25, 0.3) is 6.08 Å². The number of nitrogens with zero attached hydrogens (tertiary/aromatic N) is 3. The molecule has 1 aromatic carbocycles. The van der Waals surface area contributed by atoms with Crippen LogP contribution in [-0.2, 0) is 23.7 Å². The third-order valence-corrected chi connectivity index (χ3v) is 4.33. The summed E-state index contributed by atoms with van der Waals surface area (Å²) in [5.74, 6) is -6.10. The highest BCUT2D eigenvalue weighted by Gasteiger charge is 2.18. The zero-order valence-corrected chi connectivity index (χ0v) is 17.1. The van der Waals surface area contributed by atoms with E-state index in [2.05, 4.69) is 5.32 Å². The molecule has 31 heavy (non-hydrogen) atoms. The number of carbonyl (C=O) groups excluding carboxylic acids is 2. The molecule has 0 aliphatic rings. The molecule has 0 unspecified atom stereocenters. The first-order valence-corrected chi connectivity index (χ1v) is 9.23. The van der Waals surface area contributed by atoms with E-state index in [4.69, 9.17) is 0 Å². The lowest BCUT2D eigenvalue weighted by Gasteiger charge is -2.20. The maximum absolute atomic E-state index is 13.7. The minimum Gasteiger partial charge on any atom is -0.330 e. The van der Waals surface area contributed by atoms with Crippen molar-refractivity contribution in [2.45, 2.75) is 13.3 Å². The van der Waals surface area contributed by atoms with Crippen LogP contribution in [0.5, 0.6) is 0 Å². The van der Waals surface area contributed by atoms with E-state index in [0.29, 0.717) is 12.5 Å². The van der Waals surface area contributed by atoms with Crippen molar-refractivity contribution in [2.24, 2.45) is 14.1 Å². The van der Waals surface area contributed by atoms with Crippen LogP contribution in [0.2, 0.25) is 0 Å². The molecule has 0 atom stereocenters. The van der Waals surface area contributed by atoms with Gasteiger partial charge in [-0.25, -0.2) is 18.0 Å². The Bertz CT molecular complexity index is 1150. The van der Waals surface area contributed by atoms with E-state index in [1.807, 2.05) is 0 Å². The van der Waals surface area contributed by atoms with E-state index in [1.54, 1.807) is 6.92 Å². The Labute approximate surface area is 175 Å². The third-order valence-electron chi connectivity index (χ3n) is 4.33. The average molecular weight is 438 g/mol. The zero-order valence-electron chi connectivity index (χ0n) is 17.1. The zero-order chi connectivity index (χ0) is 23.3. The first-order valence-electron chi connectivity index (χ1n) is 9.23. The standard InChI is InChI=1S/C20H21F3N4O4/c1-4-9-27(11-15(28)24-14-7-6-13(21)17(22)18(14)23)16(29)8-5-12-10-25(2)20(31)26(3)19(12)30/h5-8,10H,4,9,11H2,1-3H3,(H,24,28)/b8-5+. The monoisotopic (exact) mass is 438 g/mol. The van der Waals surface area contributed by atoms with Crippen molar-refractivity contribution >= 4 is 23.6 Å². The van der Waals surface area contributed by atoms with Gasteiger partial charge in [-0.3, -0.25) is 19.0 Å². The van der Waals surface area contributed by atoms with Gasteiger partial charge in [0.2, 0.25) is 11.8 Å². The molecule has 2 rings (SSSR count). The van der Waals surface area contributed by atoms with Crippen LogP contribution in [0.15, 0.2) is 34.0 Å². The van der Waals surface area contributed by atoms with Crippen molar-refractivity contribution in [1.29, 1.82) is 0 Å². The maximum Gasteiger partial charge on any atom is 0.330 e. The van der Waals surface area contributed by atoms with Gasteiger partial charge in [-0.05, 0) is 24.6 Å². The van der Waals surface area contributed by atoms with Gasteiger partial charge in [0.1, 0.15) is 6.54 Å². The minimum atomic E-state index is -1.72. The highest BCUT2D eigenvalue weighted by Crippen LogP contribution is 2.19. The van der Waals surface area contributed by atoms with Crippen molar-refractivity contribution in [2.75, 3.05) is 18.4 Å². The van der Waals surface area contributed by atoms with Crippen molar-refractivity contribution in [3.8, 4) is 0 Å². The van der Waals surface area contributed by atoms with Gasteiger partial charge in [-0.2, -0.15) is 0 Å². The number of rotatable bonds is 7. The summed E-state index contributed by atoms with van der Waals surface area (Å²) in [6, 6.07) is 1.53. The predicted molar refractivity (Wildman–Crippen MR) is 108 cm³/mol. The Morgan fingerprint density at radius 2 is 1.81 bits per heavy atom. The van der Waals surface area contributed by atoms with Crippen LogP contribution in [-0.4, -0.2) is 38.9 Å². The summed E-state index contributed by atoms with van der Waals surface area (Å²) in [7, 11) is 2.75. The Kier molecular flexibility index (Phi) is 7.56. The molecule has 1 aromatic heterocycles. The molecule has 11 heteroatoms. The van der Waals surface area contributed by atoms with Crippen LogP contribution in [0.4, 0.5) is 18.9 Å². The van der Waals surface area contributed by atoms with Crippen LogP contribution in [0.1, 0.15) is 18.9 Å². The third kappa shape index (κ3) is 5.50. The molecule has 0 radical (unpaired) electrons. The number of hydrogen-bond acceptors (Lipinski definition) is 4. The molecular weight excluding hydrogens is 417 g/mol. The van der Waals surface area contributed by atoms with E-state index in [-0.39, 0.29) is 12.1 Å². The predicted octanol–water partition coefficient (Wildman–Crippen LogP) is 1.39. The van der Waals surface area contributed by atoms with Gasteiger partial charge in [0, 0.05) is 32.9 Å². The maximum atomic E-state index is 13.7. The lowest BCUT2D eigenvalue weighted by Crippen LogP contribution is -2.38. The van der Waals surface area contributed by atoms with Crippen molar-refractivity contribution in [1.82, 2.24) is 14.0 Å². The normalized spacial score (nSPS) is 11.0. The molecule has 166 valence electrons. The number of aromatic nitrogens is 2. The molecule has 1 N–H and O–H groups in total. The Hall–Kier alpha value is -3.63. The second-order valence-electron chi connectivity index (χ2n) is 6.71. The van der Waals surface area contributed by atoms with E-state index in [1.165, 1.54) is 30.9 Å². The lowest BCUT2D eigenvalue weighted by molar-refractivity contribution is -0.130. The van der Waals surface area contributed by atoms with Gasteiger partial charge in [0.25, 0.3) is 5.56 Å². The Morgan fingerprint density at radius 3 is 2.45 bits per heavy atom. The minimum absolute atomic E-state index is 0.0858. The summed E-state index contributed by atoms with van der Waals surface area (Å²) < 4.78 is 42.1. The number of halogens is 3. The van der Waals surface area contributed by atoms with E-state index >= 15 is 0 Å². The molecule has 0 aliphatic heterocycles. The molecule has 0 fully saturated rings. The number of benzene rings is 1. The van der Waals surface area contributed by atoms with E-state index < -0.39 is 52.7 Å². The topological polar surface area (TPSA) is 93.4 Å². The fourth-order valence-corrected chi connectivity index (χ4v) is 2.74. The summed E-state index contributed by atoms with van der Waals surface area (Å²) in [5, 5.41) is 2.10. The summed E-state index contributed by atoms with van der Waals surface area (Å²) in [6.45, 7) is 1.45. The largest absolute Gasteiger partial charge is 0.330 e. The summed E-state index contributed by atoms with van der Waals surface area (Å²) in [6.07, 6.45) is 4.06. The molecule has 0 saturated heterocycles. The van der Waals surface area contributed by atoms with Crippen molar-refractivity contribution in [3.63, 3.8) is 0 Å². The molecule has 1 heterocycles. The molecule has 2 aromatic rings. The second kappa shape index (κ2) is 9.92. The van der Waals surface area contributed by atoms with Crippen LogP contribution < -0.4 is 16.6 Å². The first-order chi connectivity index (χ1) is 14.6. The van der Waals surface area contributed by atoms with Gasteiger partial charge >= 0.3 is 5.69 Å². The number of aryl methyl sites for hydroxylation is 1. The average Bonchev–Trinajstić information content (AvgIpc) is 2.73. The lowest BCUT2D eigenvalue weighted by atomic mass is 10.2. The number of hydrogen-bond donors (Lipinski definition) is 1. The number of nitrogens with one attached hydrogen (secondary N) is 1. The fourth-order valence-electron chi connectivity index (χ4n) is 2.74. The summed E-state index contributed by atoms with van der Waals surface area (Å²) >= 11 is 0. The smallest absolute Gasteiger partial charge is 0.330 e. The number of anilines is 1. The molecule has 2 amide bonds. The molecule has 0 bridgehead atoms. The van der Waals surface area contributed by atoms with Crippen LogP contribution >= 0.6 is 0 Å². The Balaban J connectivity index is 2.17. The SMILES string of the molecule is CCCN(CC(=O)Nc1ccc(F)c(F)c1F)C(=O)/C=C/c1cn(C)c(=O)n(C)c1=O. The van der Waals surface area contributed by atoms with Crippen LogP contribution in [0.3, 0.4) is 0 Å².